The molecule has 0 atom stereocenters. The van der Waals surface area contributed by atoms with Crippen LogP contribution in [0.4, 0.5) is 5.69 Å². The van der Waals surface area contributed by atoms with Crippen LogP contribution in [-0.4, -0.2) is 51.1 Å². The molecule has 0 amide bonds. The number of hydrogen-bond acceptors (Lipinski definition) is 10. The maximum Gasteiger partial charge on any atom is 1.00 e. The molecule has 0 spiro atoms. The van der Waals surface area contributed by atoms with Gasteiger partial charge >= 0.3 is 35.4 Å². The number of fused-ring (bicyclic) bond motifs is 4. The zero-order chi connectivity index (χ0) is 27.1. The SMILES string of the molecule is COc1ccc2c(c1)N(CCCS(=O)(=O)[O-])C(=Cc1oc3ccc4ccccc4c3[n+]1CCS(=O)(=O)[O-])O2.[Na+]. The molecule has 2 heterocycles. The minimum absolute atomic E-state index is 0. The monoisotopic (exact) mass is 582 g/mol. The van der Waals surface area contributed by atoms with Gasteiger partial charge in [0.1, 0.15) is 21.9 Å². The molecule has 0 fully saturated rings. The van der Waals surface area contributed by atoms with Crippen molar-refractivity contribution in [3.05, 3.63) is 66.4 Å². The molecule has 0 N–H and O–H groups in total. The Kier molecular flexibility index (Phi) is 8.61. The molecule has 3 aromatic carbocycles. The first-order valence-electron chi connectivity index (χ1n) is 11.6. The van der Waals surface area contributed by atoms with Crippen molar-refractivity contribution in [2.75, 3.05) is 30.1 Å². The number of benzene rings is 3. The Morgan fingerprint density at radius 2 is 1.74 bits per heavy atom. The summed E-state index contributed by atoms with van der Waals surface area (Å²) < 4.78 is 87.2. The molecule has 0 unspecified atom stereocenters. The van der Waals surface area contributed by atoms with Gasteiger partial charge in [0, 0.05) is 18.4 Å². The quantitative estimate of drug-likeness (QED) is 0.144. The van der Waals surface area contributed by atoms with Crippen molar-refractivity contribution >= 4 is 53.9 Å². The molecule has 14 heteroatoms. The van der Waals surface area contributed by atoms with Gasteiger partial charge in [0.2, 0.25) is 11.5 Å². The van der Waals surface area contributed by atoms with Gasteiger partial charge in [0.15, 0.2) is 12.3 Å². The molecule has 0 saturated heterocycles. The standard InChI is InChI=1S/C25H24N2O9S2.Na/c1-34-18-8-10-21-20(15-18)26(11-4-13-37(28,29)30)23(35-21)16-24-27(12-14-38(31,32)33)25-19-6-3-2-5-17(19)7-9-22(25)36-24;/h2-3,5-10,15-16H,4,11-14H2,1H3,(H-,28,29,30,31,32,33);/q;+1/p-1. The summed E-state index contributed by atoms with van der Waals surface area (Å²) in [6.45, 7) is -0.0350. The Bertz CT molecular complexity index is 1780. The zero-order valence-electron chi connectivity index (χ0n) is 21.2. The summed E-state index contributed by atoms with van der Waals surface area (Å²) in [6.07, 6.45) is 1.58. The van der Waals surface area contributed by atoms with Crippen molar-refractivity contribution in [1.82, 2.24) is 0 Å². The van der Waals surface area contributed by atoms with Gasteiger partial charge in [-0.15, -0.1) is 0 Å². The normalized spacial score (nSPS) is 14.4. The summed E-state index contributed by atoms with van der Waals surface area (Å²) in [6, 6.07) is 16.2. The fourth-order valence-electron chi connectivity index (χ4n) is 4.46. The topological polar surface area (TPSA) is 153 Å². The van der Waals surface area contributed by atoms with E-state index in [1.54, 1.807) is 39.8 Å². The minimum Gasteiger partial charge on any atom is -0.748 e. The van der Waals surface area contributed by atoms with Gasteiger partial charge in [0.25, 0.3) is 5.52 Å². The van der Waals surface area contributed by atoms with E-state index in [0.717, 1.165) is 10.8 Å². The van der Waals surface area contributed by atoms with Crippen LogP contribution in [0.3, 0.4) is 0 Å². The van der Waals surface area contributed by atoms with E-state index in [1.165, 1.54) is 7.11 Å². The molecule has 4 aromatic rings. The number of oxazole rings is 1. The van der Waals surface area contributed by atoms with Crippen molar-refractivity contribution in [3.8, 4) is 11.5 Å². The largest absolute Gasteiger partial charge is 1.00 e. The second-order valence-corrected chi connectivity index (χ2v) is 11.7. The molecule has 0 aliphatic carbocycles. The Morgan fingerprint density at radius 1 is 1.00 bits per heavy atom. The van der Waals surface area contributed by atoms with Gasteiger partial charge in [-0.3, -0.25) is 0 Å². The molecule has 39 heavy (non-hydrogen) atoms. The second-order valence-electron chi connectivity index (χ2n) is 8.67. The van der Waals surface area contributed by atoms with Crippen molar-refractivity contribution in [2.45, 2.75) is 13.0 Å². The van der Waals surface area contributed by atoms with Crippen LogP contribution in [0.5, 0.6) is 11.5 Å². The van der Waals surface area contributed by atoms with Crippen LogP contribution >= 0.6 is 0 Å². The molecule has 1 aliphatic rings. The summed E-state index contributed by atoms with van der Waals surface area (Å²) in [5.41, 5.74) is 1.67. The zero-order valence-corrected chi connectivity index (χ0v) is 24.8. The average molecular weight is 583 g/mol. The maximum atomic E-state index is 11.5. The smallest absolute Gasteiger partial charge is 0.748 e. The first-order chi connectivity index (χ1) is 18.0. The van der Waals surface area contributed by atoms with Crippen LogP contribution in [0.2, 0.25) is 0 Å². The van der Waals surface area contributed by atoms with Crippen molar-refractivity contribution in [3.63, 3.8) is 0 Å². The molecule has 0 bridgehead atoms. The summed E-state index contributed by atoms with van der Waals surface area (Å²) in [7, 11) is -7.44. The van der Waals surface area contributed by atoms with Crippen LogP contribution in [0, 0.1) is 0 Å². The van der Waals surface area contributed by atoms with Crippen LogP contribution in [0.25, 0.3) is 27.9 Å². The molecule has 1 aliphatic heterocycles. The number of nitrogens with zero attached hydrogens (tertiary/aromatic N) is 2. The third-order valence-corrected chi connectivity index (χ3v) is 7.61. The summed E-state index contributed by atoms with van der Waals surface area (Å²) >= 11 is 0. The van der Waals surface area contributed by atoms with E-state index in [1.807, 2.05) is 30.3 Å². The van der Waals surface area contributed by atoms with Gasteiger partial charge in [-0.25, -0.2) is 16.8 Å². The number of aromatic nitrogens is 1. The number of methoxy groups -OCH3 is 1. The molecule has 0 saturated carbocycles. The van der Waals surface area contributed by atoms with Crippen molar-refractivity contribution < 1.29 is 74.0 Å². The van der Waals surface area contributed by atoms with Crippen LogP contribution in [-0.2, 0) is 26.8 Å². The van der Waals surface area contributed by atoms with E-state index < -0.39 is 31.7 Å². The number of rotatable bonds is 9. The predicted octanol–water partition coefficient (Wildman–Crippen LogP) is -0.436. The summed E-state index contributed by atoms with van der Waals surface area (Å²) in [5, 5.41) is 1.70. The molecular weight excluding hydrogens is 559 g/mol. The minimum atomic E-state index is -4.53. The Labute approximate surface area is 247 Å². The maximum absolute atomic E-state index is 11.5. The second kappa shape index (κ2) is 11.5. The molecular formula is C25H23N2NaO9S2. The van der Waals surface area contributed by atoms with Crippen LogP contribution < -0.4 is 48.5 Å². The Morgan fingerprint density at radius 3 is 2.46 bits per heavy atom. The number of aryl methyl sites for hydroxylation is 1. The van der Waals surface area contributed by atoms with Gasteiger partial charge in [0.05, 0.1) is 34.1 Å². The molecule has 200 valence electrons. The van der Waals surface area contributed by atoms with Gasteiger partial charge < -0.3 is 27.9 Å². The first-order valence-corrected chi connectivity index (χ1v) is 14.7. The number of hydrogen-bond donors (Lipinski definition) is 0. The van der Waals surface area contributed by atoms with E-state index in [-0.39, 0.29) is 60.8 Å². The number of anilines is 1. The van der Waals surface area contributed by atoms with Crippen molar-refractivity contribution in [1.29, 1.82) is 0 Å². The fourth-order valence-corrected chi connectivity index (χ4v) is 5.35. The molecule has 1 aromatic heterocycles. The van der Waals surface area contributed by atoms with E-state index in [2.05, 4.69) is 0 Å². The molecule has 5 rings (SSSR count). The number of ether oxygens (including phenoxy) is 2. The average Bonchev–Trinajstić information content (AvgIpc) is 3.38. The van der Waals surface area contributed by atoms with E-state index in [9.17, 15) is 25.9 Å². The molecule has 0 radical (unpaired) electrons. The summed E-state index contributed by atoms with van der Waals surface area (Å²) in [4.78, 5) is 1.68. The van der Waals surface area contributed by atoms with Gasteiger partial charge in [-0.1, -0.05) is 24.3 Å². The Balaban J connectivity index is 0.00000353. The van der Waals surface area contributed by atoms with Gasteiger partial charge in [-0.05, 0) is 36.1 Å². The fraction of sp³-hybridized carbons (Fsp3) is 0.240. The summed E-state index contributed by atoms with van der Waals surface area (Å²) in [5.74, 6) is 0.274. The predicted molar refractivity (Wildman–Crippen MR) is 137 cm³/mol. The van der Waals surface area contributed by atoms with E-state index in [0.29, 0.717) is 28.3 Å². The first kappa shape index (κ1) is 29.3. The third-order valence-electron chi connectivity index (χ3n) is 6.14. The van der Waals surface area contributed by atoms with Crippen molar-refractivity contribution in [2.24, 2.45) is 0 Å². The van der Waals surface area contributed by atoms with Gasteiger partial charge in [-0.2, -0.15) is 4.57 Å². The molecule has 11 nitrogen and oxygen atoms in total. The van der Waals surface area contributed by atoms with Crippen LogP contribution in [0.15, 0.2) is 64.9 Å². The van der Waals surface area contributed by atoms with Crippen LogP contribution in [0.1, 0.15) is 12.3 Å². The van der Waals surface area contributed by atoms with E-state index >= 15 is 0 Å². The third kappa shape index (κ3) is 6.57. The van der Waals surface area contributed by atoms with E-state index in [4.69, 9.17) is 13.9 Å². The Hall–Kier alpha value is -2.65.